The van der Waals surface area contributed by atoms with E-state index in [-0.39, 0.29) is 6.54 Å². The molecule has 0 aliphatic rings. The van der Waals surface area contributed by atoms with Gasteiger partial charge in [-0.2, -0.15) is 0 Å². The van der Waals surface area contributed by atoms with Crippen molar-refractivity contribution in [3.05, 3.63) is 33.3 Å². The topological polar surface area (TPSA) is 55.4 Å². The number of hydrogen-bond donors (Lipinski definition) is 1. The van der Waals surface area contributed by atoms with Crippen LogP contribution in [0.1, 0.15) is 31.1 Å². The highest BCUT2D eigenvalue weighted by molar-refractivity contribution is 9.10. The van der Waals surface area contributed by atoms with Crippen LogP contribution < -0.4 is 5.32 Å². The van der Waals surface area contributed by atoms with E-state index in [1.165, 1.54) is 0 Å². The molecule has 0 spiro atoms. The van der Waals surface area contributed by atoms with E-state index in [2.05, 4.69) is 21.2 Å². The second-order valence-electron chi connectivity index (χ2n) is 4.89. The second kappa shape index (κ2) is 6.39. The number of nitrogens with one attached hydrogen (secondary N) is 1. The Morgan fingerprint density at radius 3 is 2.58 bits per heavy atom. The summed E-state index contributed by atoms with van der Waals surface area (Å²) in [6.07, 6.45) is 0. The lowest BCUT2D eigenvalue weighted by Crippen LogP contribution is -2.34. The number of benzene rings is 1. The van der Waals surface area contributed by atoms with Crippen molar-refractivity contribution in [3.8, 4) is 0 Å². The number of halogens is 2. The van der Waals surface area contributed by atoms with Gasteiger partial charge in [-0.15, -0.1) is 0 Å². The number of carbonyl (C=O) groups is 2. The first kappa shape index (κ1) is 16.0. The molecule has 0 fully saturated rings. The van der Waals surface area contributed by atoms with Crippen LogP contribution in [-0.4, -0.2) is 24.0 Å². The van der Waals surface area contributed by atoms with Gasteiger partial charge in [-0.25, -0.2) is 0 Å². The number of ether oxygens (including phenoxy) is 1. The highest BCUT2D eigenvalue weighted by atomic mass is 79.9. The summed E-state index contributed by atoms with van der Waals surface area (Å²) in [6.45, 7) is 5.09. The molecular weight excluding hydrogens is 334 g/mol. The van der Waals surface area contributed by atoms with Crippen LogP contribution in [0.2, 0.25) is 5.02 Å². The molecule has 1 rings (SSSR count). The third kappa shape index (κ3) is 5.61. The van der Waals surface area contributed by atoms with E-state index < -0.39 is 17.5 Å². The monoisotopic (exact) mass is 347 g/mol. The summed E-state index contributed by atoms with van der Waals surface area (Å²) in [5.41, 5.74) is -0.269. The predicted octanol–water partition coefficient (Wildman–Crippen LogP) is 3.17. The molecule has 0 atom stereocenters. The molecule has 1 amide bonds. The summed E-state index contributed by atoms with van der Waals surface area (Å²) in [4.78, 5) is 23.3. The van der Waals surface area contributed by atoms with Crippen molar-refractivity contribution in [1.29, 1.82) is 0 Å². The minimum Gasteiger partial charge on any atom is -0.459 e. The van der Waals surface area contributed by atoms with Crippen LogP contribution in [0.25, 0.3) is 0 Å². The maximum atomic E-state index is 11.9. The first-order valence-electron chi connectivity index (χ1n) is 5.64. The van der Waals surface area contributed by atoms with Crippen molar-refractivity contribution in [3.63, 3.8) is 0 Å². The van der Waals surface area contributed by atoms with Gasteiger partial charge in [0.15, 0.2) is 0 Å². The van der Waals surface area contributed by atoms with Gasteiger partial charge in [0.2, 0.25) is 0 Å². The van der Waals surface area contributed by atoms with Gasteiger partial charge in [0, 0.05) is 4.47 Å². The number of esters is 1. The molecule has 0 saturated carbocycles. The Morgan fingerprint density at radius 2 is 2.00 bits per heavy atom. The van der Waals surface area contributed by atoms with Gasteiger partial charge in [0.1, 0.15) is 12.1 Å². The fourth-order valence-electron chi connectivity index (χ4n) is 1.30. The van der Waals surface area contributed by atoms with Crippen molar-refractivity contribution >= 4 is 39.4 Å². The quantitative estimate of drug-likeness (QED) is 0.854. The van der Waals surface area contributed by atoms with Crippen molar-refractivity contribution in [1.82, 2.24) is 5.32 Å². The van der Waals surface area contributed by atoms with E-state index in [0.717, 1.165) is 4.47 Å². The maximum Gasteiger partial charge on any atom is 0.325 e. The van der Waals surface area contributed by atoms with Crippen LogP contribution in [0.3, 0.4) is 0 Å². The Bertz CT molecular complexity index is 497. The maximum absolute atomic E-state index is 11.9. The van der Waals surface area contributed by atoms with Crippen molar-refractivity contribution in [2.24, 2.45) is 0 Å². The molecule has 0 unspecified atom stereocenters. The first-order chi connectivity index (χ1) is 8.69. The van der Waals surface area contributed by atoms with Gasteiger partial charge < -0.3 is 10.1 Å². The molecule has 0 bridgehead atoms. The Hall–Kier alpha value is -1.07. The molecule has 0 radical (unpaired) electrons. The zero-order valence-corrected chi connectivity index (χ0v) is 13.3. The Balaban J connectivity index is 2.61. The Labute approximate surface area is 125 Å². The van der Waals surface area contributed by atoms with Crippen LogP contribution in [0.5, 0.6) is 0 Å². The van der Waals surface area contributed by atoms with E-state index >= 15 is 0 Å². The van der Waals surface area contributed by atoms with Gasteiger partial charge in [0.25, 0.3) is 5.91 Å². The van der Waals surface area contributed by atoms with Gasteiger partial charge in [-0.1, -0.05) is 27.5 Å². The van der Waals surface area contributed by atoms with Crippen molar-refractivity contribution in [2.45, 2.75) is 26.4 Å². The molecule has 0 aromatic heterocycles. The summed E-state index contributed by atoms with van der Waals surface area (Å²) in [5, 5.41) is 2.79. The lowest BCUT2D eigenvalue weighted by atomic mass is 10.2. The molecule has 1 N–H and O–H groups in total. The standard InChI is InChI=1S/C13H15BrClNO3/c1-13(2,3)19-11(17)7-16-12(18)9-6-8(14)4-5-10(9)15/h4-6H,7H2,1-3H3,(H,16,18). The van der Waals surface area contributed by atoms with Crippen molar-refractivity contribution < 1.29 is 14.3 Å². The minimum absolute atomic E-state index is 0.195. The van der Waals surface area contributed by atoms with Crippen LogP contribution in [-0.2, 0) is 9.53 Å². The largest absolute Gasteiger partial charge is 0.459 e. The number of hydrogen-bond acceptors (Lipinski definition) is 3. The molecule has 1 aromatic rings. The van der Waals surface area contributed by atoms with Crippen LogP contribution in [0.4, 0.5) is 0 Å². The molecule has 4 nitrogen and oxygen atoms in total. The molecule has 0 heterocycles. The highest BCUT2D eigenvalue weighted by Crippen LogP contribution is 2.20. The molecule has 19 heavy (non-hydrogen) atoms. The molecular formula is C13H15BrClNO3. The third-order valence-corrected chi connectivity index (χ3v) is 2.81. The SMILES string of the molecule is CC(C)(C)OC(=O)CNC(=O)c1cc(Br)ccc1Cl. The van der Waals surface area contributed by atoms with Crippen molar-refractivity contribution in [2.75, 3.05) is 6.54 Å². The first-order valence-corrected chi connectivity index (χ1v) is 6.81. The Morgan fingerprint density at radius 1 is 1.37 bits per heavy atom. The van der Waals surface area contributed by atoms with Crippen LogP contribution in [0.15, 0.2) is 22.7 Å². The fraction of sp³-hybridized carbons (Fsp3) is 0.385. The summed E-state index contributed by atoms with van der Waals surface area (Å²) in [7, 11) is 0. The summed E-state index contributed by atoms with van der Waals surface area (Å²) in [6, 6.07) is 4.92. The van der Waals surface area contributed by atoms with E-state index in [1.807, 2.05) is 0 Å². The van der Waals surface area contributed by atoms with Gasteiger partial charge in [-0.3, -0.25) is 9.59 Å². The molecule has 0 aliphatic heterocycles. The molecule has 0 saturated heterocycles. The smallest absolute Gasteiger partial charge is 0.325 e. The van der Waals surface area contributed by atoms with Gasteiger partial charge in [-0.05, 0) is 39.0 Å². The summed E-state index contributed by atoms with van der Waals surface area (Å²) in [5.74, 6) is -0.913. The zero-order chi connectivity index (χ0) is 14.6. The summed E-state index contributed by atoms with van der Waals surface area (Å²) >= 11 is 9.17. The van der Waals surface area contributed by atoms with Gasteiger partial charge in [0.05, 0.1) is 10.6 Å². The fourth-order valence-corrected chi connectivity index (χ4v) is 1.86. The predicted molar refractivity (Wildman–Crippen MR) is 77.3 cm³/mol. The lowest BCUT2D eigenvalue weighted by Gasteiger charge is -2.19. The average Bonchev–Trinajstić information content (AvgIpc) is 2.27. The third-order valence-electron chi connectivity index (χ3n) is 1.99. The molecule has 0 aliphatic carbocycles. The zero-order valence-electron chi connectivity index (χ0n) is 10.9. The molecule has 1 aromatic carbocycles. The van der Waals surface area contributed by atoms with E-state index in [0.29, 0.717) is 10.6 Å². The lowest BCUT2D eigenvalue weighted by molar-refractivity contribution is -0.153. The summed E-state index contributed by atoms with van der Waals surface area (Å²) < 4.78 is 5.82. The van der Waals surface area contributed by atoms with Crippen LogP contribution >= 0.6 is 27.5 Å². The van der Waals surface area contributed by atoms with E-state index in [9.17, 15) is 9.59 Å². The minimum atomic E-state index is -0.574. The normalized spacial score (nSPS) is 11.0. The van der Waals surface area contributed by atoms with E-state index in [4.69, 9.17) is 16.3 Å². The highest BCUT2D eigenvalue weighted by Gasteiger charge is 2.17. The molecule has 6 heteroatoms. The van der Waals surface area contributed by atoms with Crippen LogP contribution in [0, 0.1) is 0 Å². The van der Waals surface area contributed by atoms with E-state index in [1.54, 1.807) is 39.0 Å². The number of rotatable bonds is 3. The van der Waals surface area contributed by atoms with Gasteiger partial charge >= 0.3 is 5.97 Å². The molecule has 104 valence electrons. The Kier molecular flexibility index (Phi) is 5.38. The second-order valence-corrected chi connectivity index (χ2v) is 6.22. The number of amides is 1. The average molecular weight is 349 g/mol. The number of carbonyl (C=O) groups excluding carboxylic acids is 2.